The van der Waals surface area contributed by atoms with Crippen molar-refractivity contribution in [1.29, 1.82) is 0 Å². The Labute approximate surface area is 341 Å². The minimum absolute atomic E-state index is 0.0528. The smallest absolute Gasteiger partial charge is 0.357 e. The molecule has 7 aromatic rings. The Morgan fingerprint density at radius 3 is 1.71 bits per heavy atom. The van der Waals surface area contributed by atoms with E-state index >= 15 is 0 Å². The van der Waals surface area contributed by atoms with E-state index in [1.165, 1.54) is 55.8 Å². The summed E-state index contributed by atoms with van der Waals surface area (Å²) in [5, 5.41) is 15.3. The number of amides is 1. The van der Waals surface area contributed by atoms with Crippen LogP contribution in [0.3, 0.4) is 0 Å². The van der Waals surface area contributed by atoms with Crippen LogP contribution in [0.5, 0.6) is 0 Å². The molecule has 1 aromatic heterocycles. The van der Waals surface area contributed by atoms with E-state index in [1.807, 2.05) is 18.2 Å². The van der Waals surface area contributed by atoms with Crippen LogP contribution in [0.15, 0.2) is 162 Å². The molecule has 282 valence electrons. The number of nitrogens with zero attached hydrogens (tertiary/aromatic N) is 3. The number of benzene rings is 6. The number of hydrazone groups is 1. The molecule has 6 nitrogen and oxygen atoms in total. The summed E-state index contributed by atoms with van der Waals surface area (Å²) in [4.78, 5) is 29.7. The van der Waals surface area contributed by atoms with Crippen molar-refractivity contribution in [3.05, 3.63) is 184 Å². The Kier molecular flexibility index (Phi) is 8.04. The van der Waals surface area contributed by atoms with Gasteiger partial charge in [0, 0.05) is 37.6 Å². The SMILES string of the molecule is CC1(C)c2ccccc2-c2ccc(N(c3ccc(-c4ccc(/C=C5\C(=O)N(c6ccccc6)N=C5C(=O)O)s4)cc3)c3ccc4c(c3)C(C)(C)c3ccccc3-4)cc21. The summed E-state index contributed by atoms with van der Waals surface area (Å²) in [7, 11) is 0. The molecule has 1 N–H and O–H groups in total. The van der Waals surface area contributed by atoms with Crippen molar-refractivity contribution in [2.24, 2.45) is 5.10 Å². The van der Waals surface area contributed by atoms with Crippen molar-refractivity contribution in [1.82, 2.24) is 0 Å². The molecule has 0 atom stereocenters. The van der Waals surface area contributed by atoms with Crippen molar-refractivity contribution in [3.8, 4) is 32.7 Å². The monoisotopic (exact) mass is 773 g/mol. The van der Waals surface area contributed by atoms with Gasteiger partial charge in [-0.05, 0) is 117 Å². The van der Waals surface area contributed by atoms with Crippen LogP contribution < -0.4 is 9.91 Å². The van der Waals surface area contributed by atoms with Crippen molar-refractivity contribution < 1.29 is 14.7 Å². The Morgan fingerprint density at radius 1 is 0.621 bits per heavy atom. The largest absolute Gasteiger partial charge is 0.476 e. The summed E-state index contributed by atoms with van der Waals surface area (Å²) < 4.78 is 0. The van der Waals surface area contributed by atoms with Gasteiger partial charge in [0.05, 0.1) is 11.3 Å². The highest BCUT2D eigenvalue weighted by Gasteiger charge is 2.38. The predicted molar refractivity (Wildman–Crippen MR) is 237 cm³/mol. The van der Waals surface area contributed by atoms with Gasteiger partial charge in [-0.1, -0.05) is 119 Å². The van der Waals surface area contributed by atoms with E-state index in [-0.39, 0.29) is 22.1 Å². The molecule has 0 fully saturated rings. The molecule has 10 rings (SSSR count). The van der Waals surface area contributed by atoms with Crippen LogP contribution in [0, 0.1) is 0 Å². The number of thiophene rings is 1. The van der Waals surface area contributed by atoms with Crippen LogP contribution in [-0.4, -0.2) is 22.7 Å². The zero-order valence-electron chi connectivity index (χ0n) is 32.5. The minimum Gasteiger partial charge on any atom is -0.476 e. The second-order valence-electron chi connectivity index (χ2n) is 16.1. The summed E-state index contributed by atoms with van der Waals surface area (Å²) in [6.45, 7) is 9.27. The third-order valence-corrected chi connectivity index (χ3v) is 13.1. The third-order valence-electron chi connectivity index (χ3n) is 12.1. The fourth-order valence-corrected chi connectivity index (χ4v) is 10.0. The minimum atomic E-state index is -1.25. The molecule has 0 saturated heterocycles. The fourth-order valence-electron chi connectivity index (χ4n) is 9.06. The lowest BCUT2D eigenvalue weighted by Gasteiger charge is -2.30. The van der Waals surface area contributed by atoms with Gasteiger partial charge in [0.15, 0.2) is 5.71 Å². The molecule has 1 aliphatic heterocycles. The molecular formula is C51H39N3O3S. The van der Waals surface area contributed by atoms with Crippen molar-refractivity contribution in [2.45, 2.75) is 38.5 Å². The van der Waals surface area contributed by atoms with Gasteiger partial charge in [-0.2, -0.15) is 10.1 Å². The first kappa shape index (κ1) is 35.6. The van der Waals surface area contributed by atoms with E-state index in [1.54, 1.807) is 30.3 Å². The molecule has 0 radical (unpaired) electrons. The van der Waals surface area contributed by atoms with Crippen LogP contribution in [0.2, 0.25) is 0 Å². The number of carbonyl (C=O) groups excluding carboxylic acids is 1. The molecule has 7 heteroatoms. The van der Waals surface area contributed by atoms with E-state index in [0.29, 0.717) is 5.69 Å². The quantitative estimate of drug-likeness (QED) is 0.164. The predicted octanol–water partition coefficient (Wildman–Crippen LogP) is 12.4. The molecule has 1 amide bonds. The number of carboxylic acids is 1. The molecule has 0 spiro atoms. The maximum absolute atomic E-state index is 13.4. The van der Waals surface area contributed by atoms with Crippen molar-refractivity contribution in [3.63, 3.8) is 0 Å². The maximum Gasteiger partial charge on any atom is 0.357 e. The molecule has 6 aromatic carbocycles. The average Bonchev–Trinajstić information content (AvgIpc) is 3.96. The Hall–Kier alpha value is -6.83. The molecule has 0 saturated carbocycles. The zero-order chi connectivity index (χ0) is 39.9. The highest BCUT2D eigenvalue weighted by molar-refractivity contribution is 7.16. The van der Waals surface area contributed by atoms with Crippen molar-refractivity contribution >= 4 is 57.8 Å². The molecule has 3 aliphatic rings. The third kappa shape index (κ3) is 5.49. The van der Waals surface area contributed by atoms with Gasteiger partial charge < -0.3 is 10.0 Å². The number of carboxylic acid groups (broad SMARTS) is 1. The van der Waals surface area contributed by atoms with Gasteiger partial charge >= 0.3 is 5.97 Å². The number of fused-ring (bicyclic) bond motifs is 6. The van der Waals surface area contributed by atoms with E-state index in [0.717, 1.165) is 37.4 Å². The number of hydrogen-bond donors (Lipinski definition) is 1. The molecule has 0 unspecified atom stereocenters. The van der Waals surface area contributed by atoms with Gasteiger partial charge in [-0.3, -0.25) is 4.79 Å². The lowest BCUT2D eigenvalue weighted by molar-refractivity contribution is -0.129. The van der Waals surface area contributed by atoms with E-state index in [9.17, 15) is 14.7 Å². The molecule has 2 heterocycles. The molecule has 2 aliphatic carbocycles. The summed E-state index contributed by atoms with van der Waals surface area (Å²) in [5.74, 6) is -1.72. The van der Waals surface area contributed by atoms with Gasteiger partial charge in [-0.15, -0.1) is 11.3 Å². The highest BCUT2D eigenvalue weighted by Crippen LogP contribution is 2.53. The molecule has 58 heavy (non-hydrogen) atoms. The average molecular weight is 774 g/mol. The van der Waals surface area contributed by atoms with Crippen LogP contribution in [0.4, 0.5) is 22.7 Å². The lowest BCUT2D eigenvalue weighted by atomic mass is 9.82. The van der Waals surface area contributed by atoms with Gasteiger partial charge in [0.25, 0.3) is 5.91 Å². The first-order valence-corrected chi connectivity index (χ1v) is 20.2. The van der Waals surface area contributed by atoms with E-state index in [2.05, 4.69) is 147 Å². The van der Waals surface area contributed by atoms with Gasteiger partial charge in [0.1, 0.15) is 0 Å². The molecular weight excluding hydrogens is 735 g/mol. The highest BCUT2D eigenvalue weighted by atomic mass is 32.1. The fraction of sp³-hybridized carbons (Fsp3) is 0.118. The summed E-state index contributed by atoms with van der Waals surface area (Å²) in [5.41, 5.74) is 14.7. The Balaban J connectivity index is 1.02. The second-order valence-corrected chi connectivity index (χ2v) is 17.3. The van der Waals surface area contributed by atoms with Crippen LogP contribution in [0.25, 0.3) is 38.8 Å². The van der Waals surface area contributed by atoms with E-state index < -0.39 is 11.9 Å². The summed E-state index contributed by atoms with van der Waals surface area (Å²) in [6, 6.07) is 52.7. The van der Waals surface area contributed by atoms with Crippen LogP contribution >= 0.6 is 11.3 Å². The van der Waals surface area contributed by atoms with Gasteiger partial charge in [0.2, 0.25) is 0 Å². The number of hydrogen-bond acceptors (Lipinski definition) is 5. The first-order valence-electron chi connectivity index (χ1n) is 19.4. The van der Waals surface area contributed by atoms with Crippen molar-refractivity contribution in [2.75, 3.05) is 9.91 Å². The second kappa shape index (κ2) is 13.1. The Morgan fingerprint density at radius 2 is 1.14 bits per heavy atom. The Bertz CT molecular complexity index is 2790. The van der Waals surface area contributed by atoms with Crippen LogP contribution in [-0.2, 0) is 20.4 Å². The first-order chi connectivity index (χ1) is 28.0. The molecule has 0 bridgehead atoms. The lowest BCUT2D eigenvalue weighted by Crippen LogP contribution is -2.22. The van der Waals surface area contributed by atoms with Crippen LogP contribution in [0.1, 0.15) is 54.8 Å². The number of rotatable bonds is 7. The zero-order valence-corrected chi connectivity index (χ0v) is 33.3. The van der Waals surface area contributed by atoms with E-state index in [4.69, 9.17) is 0 Å². The number of carbonyl (C=O) groups is 2. The standard InChI is InChI=1S/C51H39N3O3S/c1-50(2)42-16-10-8-14-37(42)39-25-22-34(28-44(39)50)53(35-23-26-40-38-15-9-11-17-43(38)51(3,4)45(40)29-35)32-20-18-31(19-21-32)46-27-24-36(58-46)30-41-47(49(56)57)52-54(48(41)55)33-12-6-5-7-13-33/h5-30H,1-4H3,(H,56,57)/b41-30-. The van der Waals surface area contributed by atoms with Gasteiger partial charge in [-0.25, -0.2) is 4.79 Å². The number of aliphatic carboxylic acids is 1. The number of anilines is 4. The summed E-state index contributed by atoms with van der Waals surface area (Å²) >= 11 is 1.50. The normalized spacial score (nSPS) is 16.1. The number of para-hydroxylation sites is 1. The topological polar surface area (TPSA) is 73.2 Å². The summed E-state index contributed by atoms with van der Waals surface area (Å²) in [6.07, 6.45) is 1.63. The maximum atomic E-state index is 13.4.